The highest BCUT2D eigenvalue weighted by atomic mass is 16.5. The van der Waals surface area contributed by atoms with Crippen LogP contribution in [0.25, 0.3) is 0 Å². The lowest BCUT2D eigenvalue weighted by Crippen LogP contribution is -2.07. The Morgan fingerprint density at radius 1 is 1.33 bits per heavy atom. The first kappa shape index (κ1) is 12.1. The van der Waals surface area contributed by atoms with Gasteiger partial charge in [-0.25, -0.2) is 0 Å². The second-order valence-corrected chi connectivity index (χ2v) is 3.99. The number of benzene rings is 1. The average Bonchev–Trinajstić information content (AvgIpc) is 2.21. The average molecular weight is 208 g/mol. The van der Waals surface area contributed by atoms with Crippen LogP contribution in [0.5, 0.6) is 5.75 Å². The highest BCUT2D eigenvalue weighted by Gasteiger charge is 2.16. The Morgan fingerprint density at radius 2 is 2.00 bits per heavy atom. The van der Waals surface area contributed by atoms with Crippen molar-refractivity contribution >= 4 is 0 Å². The molecular weight excluding hydrogens is 188 g/mol. The van der Waals surface area contributed by atoms with Crippen LogP contribution < -0.4 is 4.74 Å². The molecule has 0 radical (unpaired) electrons. The molecule has 0 heterocycles. The number of rotatable bonds is 4. The molecule has 1 unspecified atom stereocenters. The molecule has 0 spiro atoms. The standard InChI is InChI=1S/C13H20O2/c1-5-11(8-14)13-10(3)6-9(2)7-12(13)15-4/h6-7,11,14H,5,8H2,1-4H3. The first-order valence-electron chi connectivity index (χ1n) is 5.40. The summed E-state index contributed by atoms with van der Waals surface area (Å²) >= 11 is 0. The Balaban J connectivity index is 3.24. The molecule has 1 rings (SSSR count). The van der Waals surface area contributed by atoms with Crippen LogP contribution in [-0.4, -0.2) is 18.8 Å². The normalized spacial score (nSPS) is 12.6. The third-order valence-electron chi connectivity index (χ3n) is 2.83. The number of aliphatic hydroxyl groups excluding tert-OH is 1. The zero-order valence-electron chi connectivity index (χ0n) is 10.0. The minimum absolute atomic E-state index is 0.177. The molecule has 2 heteroatoms. The number of ether oxygens (including phenoxy) is 1. The lowest BCUT2D eigenvalue weighted by atomic mass is 9.91. The summed E-state index contributed by atoms with van der Waals surface area (Å²) in [7, 11) is 1.68. The molecule has 1 aromatic rings. The maximum atomic E-state index is 9.34. The monoisotopic (exact) mass is 208 g/mol. The van der Waals surface area contributed by atoms with Crippen LogP contribution in [0.4, 0.5) is 0 Å². The van der Waals surface area contributed by atoms with Crippen molar-refractivity contribution < 1.29 is 9.84 Å². The van der Waals surface area contributed by atoms with E-state index in [1.807, 2.05) is 6.07 Å². The Bertz CT molecular complexity index is 328. The van der Waals surface area contributed by atoms with Crippen LogP contribution in [-0.2, 0) is 0 Å². The van der Waals surface area contributed by atoms with E-state index in [9.17, 15) is 5.11 Å². The van der Waals surface area contributed by atoms with Gasteiger partial charge in [0.05, 0.1) is 13.7 Å². The summed E-state index contributed by atoms with van der Waals surface area (Å²) in [5, 5.41) is 9.34. The second-order valence-electron chi connectivity index (χ2n) is 3.99. The number of aliphatic hydroxyl groups is 1. The summed E-state index contributed by atoms with van der Waals surface area (Å²) in [5.41, 5.74) is 3.54. The van der Waals surface area contributed by atoms with Crippen molar-refractivity contribution in [2.45, 2.75) is 33.1 Å². The summed E-state index contributed by atoms with van der Waals surface area (Å²) in [6, 6.07) is 4.16. The van der Waals surface area contributed by atoms with Crippen LogP contribution in [0, 0.1) is 13.8 Å². The van der Waals surface area contributed by atoms with Gasteiger partial charge in [0.2, 0.25) is 0 Å². The first-order valence-corrected chi connectivity index (χ1v) is 5.40. The van der Waals surface area contributed by atoms with E-state index in [1.165, 1.54) is 11.1 Å². The second kappa shape index (κ2) is 5.17. The number of methoxy groups -OCH3 is 1. The van der Waals surface area contributed by atoms with E-state index >= 15 is 0 Å². The van der Waals surface area contributed by atoms with Crippen LogP contribution in [0.1, 0.15) is 36.0 Å². The van der Waals surface area contributed by atoms with Crippen LogP contribution in [0.15, 0.2) is 12.1 Å². The molecule has 0 saturated carbocycles. The van der Waals surface area contributed by atoms with Crippen molar-refractivity contribution in [1.82, 2.24) is 0 Å². The molecule has 0 aliphatic rings. The Hall–Kier alpha value is -1.02. The molecule has 0 saturated heterocycles. The van der Waals surface area contributed by atoms with Crippen molar-refractivity contribution in [1.29, 1.82) is 0 Å². The molecule has 84 valence electrons. The highest BCUT2D eigenvalue weighted by Crippen LogP contribution is 2.32. The molecule has 1 N–H and O–H groups in total. The van der Waals surface area contributed by atoms with E-state index in [0.29, 0.717) is 0 Å². The lowest BCUT2D eigenvalue weighted by Gasteiger charge is -2.19. The lowest BCUT2D eigenvalue weighted by molar-refractivity contribution is 0.258. The third-order valence-corrected chi connectivity index (χ3v) is 2.83. The molecule has 0 aliphatic heterocycles. The quantitative estimate of drug-likeness (QED) is 0.824. The van der Waals surface area contributed by atoms with Gasteiger partial charge in [-0.15, -0.1) is 0 Å². The molecule has 0 aliphatic carbocycles. The summed E-state index contributed by atoms with van der Waals surface area (Å²) < 4.78 is 5.38. The fourth-order valence-electron chi connectivity index (χ4n) is 2.06. The minimum Gasteiger partial charge on any atom is -0.496 e. The van der Waals surface area contributed by atoms with Gasteiger partial charge < -0.3 is 9.84 Å². The fourth-order valence-corrected chi connectivity index (χ4v) is 2.06. The largest absolute Gasteiger partial charge is 0.496 e. The molecule has 1 aromatic carbocycles. The zero-order valence-corrected chi connectivity index (χ0v) is 10.0. The van der Waals surface area contributed by atoms with Crippen molar-refractivity contribution in [3.05, 3.63) is 28.8 Å². The molecular formula is C13H20O2. The van der Waals surface area contributed by atoms with Gasteiger partial charge in [0.15, 0.2) is 0 Å². The molecule has 2 nitrogen and oxygen atoms in total. The summed E-state index contributed by atoms with van der Waals surface area (Å²) in [6.07, 6.45) is 0.927. The first-order chi connectivity index (χ1) is 7.13. The molecule has 15 heavy (non-hydrogen) atoms. The highest BCUT2D eigenvalue weighted by molar-refractivity contribution is 5.45. The smallest absolute Gasteiger partial charge is 0.122 e. The van der Waals surface area contributed by atoms with Gasteiger partial charge in [-0.2, -0.15) is 0 Å². The predicted molar refractivity (Wildman–Crippen MR) is 62.6 cm³/mol. The topological polar surface area (TPSA) is 29.5 Å². The van der Waals surface area contributed by atoms with Gasteiger partial charge in [-0.05, 0) is 37.5 Å². The van der Waals surface area contributed by atoms with Gasteiger partial charge in [-0.3, -0.25) is 0 Å². The summed E-state index contributed by atoms with van der Waals surface area (Å²) in [5.74, 6) is 1.08. The molecule has 1 atom stereocenters. The predicted octanol–water partition coefficient (Wildman–Crippen LogP) is 2.80. The van der Waals surface area contributed by atoms with Gasteiger partial charge in [0.1, 0.15) is 5.75 Å². The van der Waals surface area contributed by atoms with Crippen LogP contribution in [0.2, 0.25) is 0 Å². The summed E-state index contributed by atoms with van der Waals surface area (Å²) in [6.45, 7) is 6.39. The van der Waals surface area contributed by atoms with Gasteiger partial charge in [-0.1, -0.05) is 13.0 Å². The number of hydrogen-bond acceptors (Lipinski definition) is 2. The SMILES string of the molecule is CCC(CO)c1c(C)cc(C)cc1OC. The van der Waals surface area contributed by atoms with E-state index in [1.54, 1.807) is 7.11 Å². The minimum atomic E-state index is 0.177. The number of aryl methyl sites for hydroxylation is 2. The van der Waals surface area contributed by atoms with E-state index < -0.39 is 0 Å². The number of hydrogen-bond donors (Lipinski definition) is 1. The van der Waals surface area contributed by atoms with Gasteiger partial charge in [0, 0.05) is 11.5 Å². The van der Waals surface area contributed by atoms with Crippen molar-refractivity contribution in [3.63, 3.8) is 0 Å². The zero-order chi connectivity index (χ0) is 11.4. The maximum Gasteiger partial charge on any atom is 0.122 e. The van der Waals surface area contributed by atoms with E-state index in [2.05, 4.69) is 26.8 Å². The van der Waals surface area contributed by atoms with E-state index in [-0.39, 0.29) is 12.5 Å². The Kier molecular flexibility index (Phi) is 4.15. The van der Waals surface area contributed by atoms with Crippen LogP contribution >= 0.6 is 0 Å². The summed E-state index contributed by atoms with van der Waals surface area (Å²) in [4.78, 5) is 0. The van der Waals surface area contributed by atoms with Crippen molar-refractivity contribution in [3.8, 4) is 5.75 Å². The molecule has 0 fully saturated rings. The molecule has 0 bridgehead atoms. The van der Waals surface area contributed by atoms with E-state index in [0.717, 1.165) is 17.7 Å². The molecule has 0 amide bonds. The van der Waals surface area contributed by atoms with Crippen LogP contribution in [0.3, 0.4) is 0 Å². The Labute approximate surface area is 91.9 Å². The van der Waals surface area contributed by atoms with Gasteiger partial charge >= 0.3 is 0 Å². The van der Waals surface area contributed by atoms with E-state index in [4.69, 9.17) is 4.74 Å². The third kappa shape index (κ3) is 2.51. The molecule has 0 aromatic heterocycles. The fraction of sp³-hybridized carbons (Fsp3) is 0.538. The van der Waals surface area contributed by atoms with Gasteiger partial charge in [0.25, 0.3) is 0 Å². The van der Waals surface area contributed by atoms with Crippen molar-refractivity contribution in [2.75, 3.05) is 13.7 Å². The van der Waals surface area contributed by atoms with Crippen molar-refractivity contribution in [2.24, 2.45) is 0 Å². The Morgan fingerprint density at radius 3 is 2.47 bits per heavy atom. The maximum absolute atomic E-state index is 9.34.